The number of thioether (sulfide) groups is 1. The van der Waals surface area contributed by atoms with E-state index in [4.69, 9.17) is 16.3 Å². The van der Waals surface area contributed by atoms with Crippen molar-refractivity contribution < 1.29 is 17.9 Å². The van der Waals surface area contributed by atoms with Crippen LogP contribution in [0.25, 0.3) is 0 Å². The van der Waals surface area contributed by atoms with E-state index in [9.17, 15) is 13.2 Å². The molecule has 1 amide bonds. The molecule has 2 aromatic heterocycles. The van der Waals surface area contributed by atoms with Crippen molar-refractivity contribution in [1.29, 1.82) is 0 Å². The molecular formula is C16H21ClN6O4S3. The maximum absolute atomic E-state index is 12.7. The molecule has 2 aromatic rings. The summed E-state index contributed by atoms with van der Waals surface area (Å²) in [7, 11) is -3.57. The molecule has 4 rings (SSSR count). The summed E-state index contributed by atoms with van der Waals surface area (Å²) in [5.74, 6) is 0.127. The van der Waals surface area contributed by atoms with Crippen LogP contribution in [0.3, 0.4) is 0 Å². The highest BCUT2D eigenvalue weighted by molar-refractivity contribution is 7.99. The Bertz CT molecular complexity index is 983. The van der Waals surface area contributed by atoms with Gasteiger partial charge in [-0.15, -0.1) is 16.4 Å². The zero-order valence-electron chi connectivity index (χ0n) is 16.0. The molecule has 30 heavy (non-hydrogen) atoms. The number of sulfonamides is 1. The number of nitrogens with zero attached hydrogens (tertiary/aromatic N) is 6. The lowest BCUT2D eigenvalue weighted by atomic mass is 10.2. The Morgan fingerprint density at radius 2 is 2.10 bits per heavy atom. The first-order valence-electron chi connectivity index (χ1n) is 9.47. The van der Waals surface area contributed by atoms with Gasteiger partial charge in [-0.1, -0.05) is 23.4 Å². The normalized spacial score (nSPS) is 20.7. The van der Waals surface area contributed by atoms with E-state index < -0.39 is 10.0 Å². The molecule has 164 valence electrons. The van der Waals surface area contributed by atoms with Gasteiger partial charge in [-0.05, 0) is 35.4 Å². The fraction of sp³-hybridized carbons (Fsp3) is 0.625. The van der Waals surface area contributed by atoms with Gasteiger partial charge in [-0.3, -0.25) is 4.79 Å². The number of piperazine rings is 1. The Morgan fingerprint density at radius 1 is 1.30 bits per heavy atom. The van der Waals surface area contributed by atoms with E-state index in [0.717, 1.165) is 30.8 Å². The highest BCUT2D eigenvalue weighted by atomic mass is 35.5. The molecule has 0 radical (unpaired) electrons. The third-order valence-corrected chi connectivity index (χ3v) is 9.50. The number of carbonyl (C=O) groups excluding carboxylic acids is 1. The van der Waals surface area contributed by atoms with Gasteiger partial charge >= 0.3 is 0 Å². The van der Waals surface area contributed by atoms with Crippen molar-refractivity contribution in [1.82, 2.24) is 29.4 Å². The molecule has 14 heteroatoms. The molecule has 0 spiro atoms. The van der Waals surface area contributed by atoms with Gasteiger partial charge in [0.05, 0.1) is 22.7 Å². The molecule has 1 atom stereocenters. The average Bonchev–Trinajstić information content (AvgIpc) is 3.49. The van der Waals surface area contributed by atoms with Gasteiger partial charge in [0.1, 0.15) is 4.21 Å². The number of amides is 1. The number of hydrogen-bond acceptors (Lipinski definition) is 9. The van der Waals surface area contributed by atoms with E-state index >= 15 is 0 Å². The zero-order chi connectivity index (χ0) is 21.1. The SMILES string of the molecule is O=C(CSc1nnnn1C[C@H]1CCCO1)N1CCN(S(=O)(=O)c2ccc(Cl)s2)CC1. The molecule has 0 saturated carbocycles. The number of aromatic nitrogens is 4. The van der Waals surface area contributed by atoms with Crippen LogP contribution in [0, 0.1) is 0 Å². The molecule has 2 saturated heterocycles. The Labute approximate surface area is 187 Å². The van der Waals surface area contributed by atoms with Crippen molar-refractivity contribution in [3.8, 4) is 0 Å². The highest BCUT2D eigenvalue weighted by Gasteiger charge is 2.31. The molecule has 0 aromatic carbocycles. The van der Waals surface area contributed by atoms with Gasteiger partial charge < -0.3 is 9.64 Å². The molecule has 10 nitrogen and oxygen atoms in total. The van der Waals surface area contributed by atoms with E-state index in [2.05, 4.69) is 15.5 Å². The van der Waals surface area contributed by atoms with Crippen LogP contribution in [0.15, 0.2) is 21.5 Å². The Morgan fingerprint density at radius 3 is 2.77 bits per heavy atom. The lowest BCUT2D eigenvalue weighted by Crippen LogP contribution is -2.50. The summed E-state index contributed by atoms with van der Waals surface area (Å²) < 4.78 is 34.7. The van der Waals surface area contributed by atoms with Crippen LogP contribution < -0.4 is 0 Å². The summed E-state index contributed by atoms with van der Waals surface area (Å²) >= 11 is 8.18. The zero-order valence-corrected chi connectivity index (χ0v) is 19.2. The largest absolute Gasteiger partial charge is 0.376 e. The van der Waals surface area contributed by atoms with E-state index in [1.165, 1.54) is 22.1 Å². The second-order valence-corrected chi connectivity index (χ2v) is 11.7. The predicted octanol–water partition coefficient (Wildman–Crippen LogP) is 1.19. The third-order valence-electron chi connectivity index (χ3n) is 4.96. The maximum atomic E-state index is 12.7. The second kappa shape index (κ2) is 9.49. The van der Waals surface area contributed by atoms with E-state index in [1.807, 2.05) is 0 Å². The molecule has 0 aliphatic carbocycles. The molecule has 0 N–H and O–H groups in total. The quantitative estimate of drug-likeness (QED) is 0.530. The number of thiophene rings is 1. The monoisotopic (exact) mass is 492 g/mol. The van der Waals surface area contributed by atoms with E-state index in [0.29, 0.717) is 29.1 Å². The van der Waals surface area contributed by atoms with Crippen LogP contribution in [0.4, 0.5) is 0 Å². The fourth-order valence-corrected chi connectivity index (χ4v) is 7.20. The smallest absolute Gasteiger partial charge is 0.252 e. The summed E-state index contributed by atoms with van der Waals surface area (Å²) in [5, 5.41) is 12.3. The van der Waals surface area contributed by atoms with Crippen LogP contribution in [0.1, 0.15) is 12.8 Å². The topological polar surface area (TPSA) is 111 Å². The first-order chi connectivity index (χ1) is 14.4. The maximum Gasteiger partial charge on any atom is 0.252 e. The van der Waals surface area contributed by atoms with Crippen molar-refractivity contribution in [3.63, 3.8) is 0 Å². The molecule has 4 heterocycles. The standard InChI is InChI=1S/C16H21ClN6O4S3/c17-13-3-4-15(29-13)30(25,26)22-7-5-21(6-8-22)14(24)11-28-16-18-19-20-23(16)10-12-2-1-9-27-12/h3-4,12H,1-2,5-11H2/t12-/m1/s1. The van der Waals surface area contributed by atoms with Crippen molar-refractivity contribution in [3.05, 3.63) is 16.5 Å². The van der Waals surface area contributed by atoms with Crippen LogP contribution in [0.2, 0.25) is 4.34 Å². The predicted molar refractivity (Wildman–Crippen MR) is 112 cm³/mol. The number of hydrogen-bond donors (Lipinski definition) is 0. The number of halogens is 1. The summed E-state index contributed by atoms with van der Waals surface area (Å²) in [6, 6.07) is 3.08. The van der Waals surface area contributed by atoms with Gasteiger partial charge in [0, 0.05) is 32.8 Å². The van der Waals surface area contributed by atoms with Gasteiger partial charge in [0.25, 0.3) is 10.0 Å². The Kier molecular flexibility index (Phi) is 6.95. The highest BCUT2D eigenvalue weighted by Crippen LogP contribution is 2.28. The summed E-state index contributed by atoms with van der Waals surface area (Å²) in [6.45, 7) is 2.54. The lowest BCUT2D eigenvalue weighted by Gasteiger charge is -2.33. The molecule has 0 bridgehead atoms. The molecular weight excluding hydrogens is 472 g/mol. The van der Waals surface area contributed by atoms with Gasteiger partial charge in [0.2, 0.25) is 11.1 Å². The Hall–Kier alpha value is -1.25. The average molecular weight is 493 g/mol. The molecule has 2 fully saturated rings. The summed E-state index contributed by atoms with van der Waals surface area (Å²) in [5.41, 5.74) is 0. The third kappa shape index (κ3) is 4.97. The van der Waals surface area contributed by atoms with Crippen LogP contribution in [-0.4, -0.2) is 88.4 Å². The van der Waals surface area contributed by atoms with Crippen molar-refractivity contribution in [2.75, 3.05) is 38.5 Å². The van der Waals surface area contributed by atoms with Crippen molar-refractivity contribution >= 4 is 50.6 Å². The number of tetrazole rings is 1. The number of ether oxygens (including phenoxy) is 1. The van der Waals surface area contributed by atoms with Crippen LogP contribution in [0.5, 0.6) is 0 Å². The molecule has 0 unspecified atom stereocenters. The Balaban J connectivity index is 1.27. The first-order valence-corrected chi connectivity index (χ1v) is 13.1. The van der Waals surface area contributed by atoms with Gasteiger partial charge in [-0.25, -0.2) is 13.1 Å². The summed E-state index contributed by atoms with van der Waals surface area (Å²) in [6.07, 6.45) is 2.12. The number of rotatable bonds is 7. The molecule has 2 aliphatic rings. The first kappa shape index (κ1) is 22.0. The van der Waals surface area contributed by atoms with Crippen molar-refractivity contribution in [2.45, 2.75) is 34.9 Å². The minimum absolute atomic E-state index is 0.0668. The van der Waals surface area contributed by atoms with E-state index in [-0.39, 0.29) is 35.1 Å². The van der Waals surface area contributed by atoms with Gasteiger partial charge in [-0.2, -0.15) is 4.31 Å². The fourth-order valence-electron chi connectivity index (χ4n) is 3.35. The number of carbonyl (C=O) groups is 1. The van der Waals surface area contributed by atoms with Crippen LogP contribution in [-0.2, 0) is 26.1 Å². The summed E-state index contributed by atoms with van der Waals surface area (Å²) in [4.78, 5) is 14.3. The minimum Gasteiger partial charge on any atom is -0.376 e. The van der Waals surface area contributed by atoms with Crippen LogP contribution >= 0.6 is 34.7 Å². The van der Waals surface area contributed by atoms with Crippen molar-refractivity contribution in [2.24, 2.45) is 0 Å². The second-order valence-electron chi connectivity index (χ2n) is 6.91. The lowest BCUT2D eigenvalue weighted by molar-refractivity contribution is -0.129. The van der Waals surface area contributed by atoms with Gasteiger partial charge in [0.15, 0.2) is 0 Å². The van der Waals surface area contributed by atoms with E-state index in [1.54, 1.807) is 15.6 Å². The molecule has 2 aliphatic heterocycles. The minimum atomic E-state index is -3.57.